The van der Waals surface area contributed by atoms with Crippen molar-refractivity contribution in [1.29, 1.82) is 0 Å². The van der Waals surface area contributed by atoms with Gasteiger partial charge in [0, 0.05) is 12.2 Å². The van der Waals surface area contributed by atoms with Gasteiger partial charge in [-0.1, -0.05) is 13.0 Å². The standard InChI is InChI=1S/C11H17N3O/c1-3-10(11(12)15)13-7-9-6-4-5-8(2)14-9/h4-6,10,13H,3,7H2,1-2H3,(H2,12,15). The number of rotatable bonds is 5. The number of aryl methyl sites for hydroxylation is 1. The fourth-order valence-electron chi connectivity index (χ4n) is 1.37. The Morgan fingerprint density at radius 1 is 1.60 bits per heavy atom. The van der Waals surface area contributed by atoms with Gasteiger partial charge in [-0.3, -0.25) is 9.78 Å². The average molecular weight is 207 g/mol. The third kappa shape index (κ3) is 3.67. The summed E-state index contributed by atoms with van der Waals surface area (Å²) in [6.07, 6.45) is 0.696. The number of amides is 1. The van der Waals surface area contributed by atoms with Crippen LogP contribution in [0.3, 0.4) is 0 Å². The van der Waals surface area contributed by atoms with Crippen molar-refractivity contribution < 1.29 is 4.79 Å². The molecule has 0 fully saturated rings. The van der Waals surface area contributed by atoms with Crippen molar-refractivity contribution in [3.63, 3.8) is 0 Å². The van der Waals surface area contributed by atoms with Gasteiger partial charge >= 0.3 is 0 Å². The zero-order chi connectivity index (χ0) is 11.3. The summed E-state index contributed by atoms with van der Waals surface area (Å²) < 4.78 is 0. The fraction of sp³-hybridized carbons (Fsp3) is 0.455. The molecule has 15 heavy (non-hydrogen) atoms. The predicted octanol–water partition coefficient (Wildman–Crippen LogP) is 0.744. The highest BCUT2D eigenvalue weighted by atomic mass is 16.1. The van der Waals surface area contributed by atoms with Gasteiger partial charge in [0.05, 0.1) is 11.7 Å². The highest BCUT2D eigenvalue weighted by Gasteiger charge is 2.11. The van der Waals surface area contributed by atoms with E-state index in [4.69, 9.17) is 5.73 Å². The largest absolute Gasteiger partial charge is 0.368 e. The molecule has 1 amide bonds. The first-order valence-corrected chi connectivity index (χ1v) is 5.08. The Kier molecular flexibility index (Phi) is 4.24. The summed E-state index contributed by atoms with van der Waals surface area (Å²) >= 11 is 0. The number of nitrogens with two attached hydrogens (primary N) is 1. The third-order valence-electron chi connectivity index (χ3n) is 2.23. The Hall–Kier alpha value is -1.42. The van der Waals surface area contributed by atoms with Crippen LogP contribution in [0, 0.1) is 6.92 Å². The van der Waals surface area contributed by atoms with Crippen LogP contribution >= 0.6 is 0 Å². The molecule has 82 valence electrons. The van der Waals surface area contributed by atoms with E-state index in [2.05, 4.69) is 10.3 Å². The van der Waals surface area contributed by atoms with Gasteiger partial charge in [0.25, 0.3) is 0 Å². The Morgan fingerprint density at radius 3 is 2.87 bits per heavy atom. The first-order chi connectivity index (χ1) is 7.13. The molecule has 0 aliphatic carbocycles. The minimum atomic E-state index is -0.315. The number of hydrogen-bond acceptors (Lipinski definition) is 3. The van der Waals surface area contributed by atoms with E-state index in [9.17, 15) is 4.79 Å². The summed E-state index contributed by atoms with van der Waals surface area (Å²) in [6.45, 7) is 4.43. The lowest BCUT2D eigenvalue weighted by Crippen LogP contribution is -2.40. The van der Waals surface area contributed by atoms with Crippen molar-refractivity contribution in [2.24, 2.45) is 5.73 Å². The van der Waals surface area contributed by atoms with Crippen LogP contribution in [-0.2, 0) is 11.3 Å². The summed E-state index contributed by atoms with van der Waals surface area (Å²) in [5, 5.41) is 3.08. The van der Waals surface area contributed by atoms with Gasteiger partial charge < -0.3 is 11.1 Å². The minimum absolute atomic E-state index is 0.271. The Bertz CT molecular complexity index is 338. The van der Waals surface area contributed by atoms with Crippen LogP contribution in [0.4, 0.5) is 0 Å². The Morgan fingerprint density at radius 2 is 2.33 bits per heavy atom. The third-order valence-corrected chi connectivity index (χ3v) is 2.23. The maximum absolute atomic E-state index is 11.0. The van der Waals surface area contributed by atoms with Gasteiger partial charge in [-0.05, 0) is 25.5 Å². The number of hydrogen-bond donors (Lipinski definition) is 2. The number of carbonyl (C=O) groups excluding carboxylic acids is 1. The molecular weight excluding hydrogens is 190 g/mol. The number of nitrogens with one attached hydrogen (secondary N) is 1. The van der Waals surface area contributed by atoms with Crippen LogP contribution in [0.2, 0.25) is 0 Å². The normalized spacial score (nSPS) is 12.4. The topological polar surface area (TPSA) is 68.0 Å². The van der Waals surface area contributed by atoms with Gasteiger partial charge in [0.1, 0.15) is 0 Å². The lowest BCUT2D eigenvalue weighted by Gasteiger charge is -2.12. The molecule has 0 saturated heterocycles. The summed E-state index contributed by atoms with van der Waals surface area (Å²) in [6, 6.07) is 5.54. The van der Waals surface area contributed by atoms with Crippen molar-refractivity contribution in [2.45, 2.75) is 32.9 Å². The average Bonchev–Trinajstić information content (AvgIpc) is 2.18. The van der Waals surface area contributed by atoms with Crippen molar-refractivity contribution in [2.75, 3.05) is 0 Å². The number of pyridine rings is 1. The minimum Gasteiger partial charge on any atom is -0.368 e. The monoisotopic (exact) mass is 207 g/mol. The van der Waals surface area contributed by atoms with Crippen LogP contribution < -0.4 is 11.1 Å². The number of carbonyl (C=O) groups is 1. The lowest BCUT2D eigenvalue weighted by atomic mass is 10.2. The van der Waals surface area contributed by atoms with Crippen LogP contribution in [0.1, 0.15) is 24.7 Å². The van der Waals surface area contributed by atoms with Crippen LogP contribution in [-0.4, -0.2) is 16.9 Å². The smallest absolute Gasteiger partial charge is 0.234 e. The summed E-state index contributed by atoms with van der Waals surface area (Å²) in [4.78, 5) is 15.3. The molecule has 0 spiro atoms. The van der Waals surface area contributed by atoms with Gasteiger partial charge in [0.2, 0.25) is 5.91 Å². The van der Waals surface area contributed by atoms with E-state index in [-0.39, 0.29) is 11.9 Å². The van der Waals surface area contributed by atoms with Gasteiger partial charge in [0.15, 0.2) is 0 Å². The van der Waals surface area contributed by atoms with Gasteiger partial charge in [-0.25, -0.2) is 0 Å². The van der Waals surface area contributed by atoms with E-state index in [1.807, 2.05) is 32.0 Å². The fourth-order valence-corrected chi connectivity index (χ4v) is 1.37. The SMILES string of the molecule is CCC(NCc1cccc(C)n1)C(N)=O. The highest BCUT2D eigenvalue weighted by Crippen LogP contribution is 1.99. The summed E-state index contributed by atoms with van der Waals surface area (Å²) in [5.74, 6) is -0.315. The molecule has 4 nitrogen and oxygen atoms in total. The van der Waals surface area contributed by atoms with Gasteiger partial charge in [-0.2, -0.15) is 0 Å². The molecular formula is C11H17N3O. The number of nitrogens with zero attached hydrogens (tertiary/aromatic N) is 1. The van der Waals surface area contributed by atoms with E-state index in [0.29, 0.717) is 13.0 Å². The van der Waals surface area contributed by atoms with Crippen LogP contribution in [0.5, 0.6) is 0 Å². The maximum Gasteiger partial charge on any atom is 0.234 e. The lowest BCUT2D eigenvalue weighted by molar-refractivity contribution is -0.120. The first kappa shape index (κ1) is 11.7. The molecule has 1 heterocycles. The molecule has 1 unspecified atom stereocenters. The molecule has 0 saturated carbocycles. The maximum atomic E-state index is 11.0. The second kappa shape index (κ2) is 5.46. The molecule has 0 aromatic carbocycles. The van der Waals surface area contributed by atoms with E-state index in [0.717, 1.165) is 11.4 Å². The molecule has 0 aliphatic heterocycles. The van der Waals surface area contributed by atoms with Crippen molar-refractivity contribution in [1.82, 2.24) is 10.3 Å². The summed E-state index contributed by atoms with van der Waals surface area (Å²) in [7, 11) is 0. The molecule has 0 aliphatic rings. The van der Waals surface area contributed by atoms with Crippen molar-refractivity contribution in [3.05, 3.63) is 29.6 Å². The second-order valence-electron chi connectivity index (χ2n) is 3.51. The molecule has 1 aromatic heterocycles. The summed E-state index contributed by atoms with van der Waals surface area (Å²) in [5.41, 5.74) is 7.12. The first-order valence-electron chi connectivity index (χ1n) is 5.08. The molecule has 0 bridgehead atoms. The van der Waals surface area contributed by atoms with E-state index in [1.165, 1.54) is 0 Å². The van der Waals surface area contributed by atoms with E-state index < -0.39 is 0 Å². The number of aromatic nitrogens is 1. The quantitative estimate of drug-likeness (QED) is 0.748. The highest BCUT2D eigenvalue weighted by molar-refractivity contribution is 5.79. The molecule has 1 atom stereocenters. The zero-order valence-electron chi connectivity index (χ0n) is 9.16. The van der Waals surface area contributed by atoms with Gasteiger partial charge in [-0.15, -0.1) is 0 Å². The van der Waals surface area contributed by atoms with E-state index >= 15 is 0 Å². The molecule has 1 rings (SSSR count). The molecule has 0 radical (unpaired) electrons. The van der Waals surface area contributed by atoms with Crippen LogP contribution in [0.25, 0.3) is 0 Å². The van der Waals surface area contributed by atoms with E-state index in [1.54, 1.807) is 0 Å². The number of primary amides is 1. The molecule has 1 aromatic rings. The molecule has 4 heteroatoms. The molecule has 3 N–H and O–H groups in total. The van der Waals surface area contributed by atoms with Crippen molar-refractivity contribution >= 4 is 5.91 Å². The zero-order valence-corrected chi connectivity index (χ0v) is 9.16. The van der Waals surface area contributed by atoms with Crippen LogP contribution in [0.15, 0.2) is 18.2 Å². The Balaban J connectivity index is 2.52. The predicted molar refractivity (Wildman–Crippen MR) is 59.1 cm³/mol. The second-order valence-corrected chi connectivity index (χ2v) is 3.51. The van der Waals surface area contributed by atoms with Crippen molar-refractivity contribution in [3.8, 4) is 0 Å². The Labute approximate surface area is 89.9 Å².